The summed E-state index contributed by atoms with van der Waals surface area (Å²) in [6.07, 6.45) is 6.58. The fourth-order valence-corrected chi connectivity index (χ4v) is 2.45. The minimum Gasteiger partial charge on any atom is -0.272 e. The van der Waals surface area contributed by atoms with Crippen molar-refractivity contribution in [1.82, 2.24) is 9.78 Å². The van der Waals surface area contributed by atoms with Gasteiger partial charge in [-0.05, 0) is 44.4 Å². The zero-order chi connectivity index (χ0) is 15.7. The van der Waals surface area contributed by atoms with Crippen LogP contribution in [0.4, 0.5) is 0 Å². The van der Waals surface area contributed by atoms with Crippen LogP contribution in [0.15, 0.2) is 17.1 Å². The molecule has 0 atom stereocenters. The average molecular weight is 295 g/mol. The molecule has 0 N–H and O–H groups in total. The fourth-order valence-electron chi connectivity index (χ4n) is 2.17. The van der Waals surface area contributed by atoms with E-state index in [2.05, 4.69) is 36.7 Å². The molecule has 0 fully saturated rings. The van der Waals surface area contributed by atoms with Crippen molar-refractivity contribution in [3.8, 4) is 0 Å². The van der Waals surface area contributed by atoms with Crippen LogP contribution in [0.25, 0.3) is 5.57 Å². The first-order valence-corrected chi connectivity index (χ1v) is 8.86. The van der Waals surface area contributed by atoms with Crippen molar-refractivity contribution < 1.29 is 0 Å². The molecular weight excluding hydrogens is 264 g/mol. The molecule has 0 radical (unpaired) electrons. The molecule has 3 heteroatoms. The molecule has 1 aromatic heterocycles. The van der Waals surface area contributed by atoms with Crippen molar-refractivity contribution in [2.45, 2.75) is 54.4 Å². The molecule has 0 amide bonds. The van der Waals surface area contributed by atoms with Gasteiger partial charge in [0, 0.05) is 23.9 Å². The van der Waals surface area contributed by atoms with Crippen molar-refractivity contribution in [1.29, 1.82) is 0 Å². The Labute approximate surface area is 129 Å². The minimum absolute atomic E-state index is 1.14. The van der Waals surface area contributed by atoms with Gasteiger partial charge in [0.1, 0.15) is 0 Å². The zero-order valence-electron chi connectivity index (χ0n) is 14.4. The third kappa shape index (κ3) is 4.27. The lowest BCUT2D eigenvalue weighted by Crippen LogP contribution is -2.01. The average Bonchev–Trinajstić information content (AvgIpc) is 2.78. The fraction of sp³-hybridized carbons (Fsp3) is 0.588. The Kier molecular flexibility index (Phi) is 9.39. The van der Waals surface area contributed by atoms with Gasteiger partial charge in [0.2, 0.25) is 0 Å². The van der Waals surface area contributed by atoms with Gasteiger partial charge in [-0.15, -0.1) is 11.8 Å². The van der Waals surface area contributed by atoms with Crippen molar-refractivity contribution in [2.24, 2.45) is 7.05 Å². The maximum Gasteiger partial charge on any atom is 0.0957 e. The molecule has 0 saturated heterocycles. The molecule has 0 bridgehead atoms. The molecule has 2 nitrogen and oxygen atoms in total. The van der Waals surface area contributed by atoms with Gasteiger partial charge >= 0.3 is 0 Å². The molecule has 1 heterocycles. The van der Waals surface area contributed by atoms with Crippen molar-refractivity contribution in [2.75, 3.05) is 6.26 Å². The molecule has 20 heavy (non-hydrogen) atoms. The maximum atomic E-state index is 4.63. The quantitative estimate of drug-likeness (QED) is 0.729. The standard InChI is InChI=1S/C13H18N2S.2C2H6/c1-9-5-6-12-10(2)15(3)14-13(12)11(9)7-8-16-4;2*1-2/h7-8H,5-6H2,1-4H3;2*1-2H3/b8-7-;;. The van der Waals surface area contributed by atoms with Crippen molar-refractivity contribution >= 4 is 17.3 Å². The Morgan fingerprint density at radius 3 is 2.25 bits per heavy atom. The molecule has 2 rings (SSSR count). The van der Waals surface area contributed by atoms with Gasteiger partial charge in [-0.1, -0.05) is 33.3 Å². The Morgan fingerprint density at radius 1 is 1.10 bits per heavy atom. The summed E-state index contributed by atoms with van der Waals surface area (Å²) in [5, 5.41) is 6.77. The predicted molar refractivity (Wildman–Crippen MR) is 94.2 cm³/mol. The highest BCUT2D eigenvalue weighted by atomic mass is 32.2. The summed E-state index contributed by atoms with van der Waals surface area (Å²) in [4.78, 5) is 0. The number of allylic oxidation sites excluding steroid dienone is 3. The van der Waals surface area contributed by atoms with Gasteiger partial charge in [0.05, 0.1) is 5.69 Å². The molecule has 0 aromatic carbocycles. The summed E-state index contributed by atoms with van der Waals surface area (Å²) in [6, 6.07) is 0. The van der Waals surface area contributed by atoms with Gasteiger partial charge < -0.3 is 0 Å². The van der Waals surface area contributed by atoms with E-state index in [4.69, 9.17) is 0 Å². The van der Waals surface area contributed by atoms with Crippen LogP contribution in [0.1, 0.15) is 58.0 Å². The summed E-state index contributed by atoms with van der Waals surface area (Å²) < 4.78 is 2.00. The lowest BCUT2D eigenvalue weighted by atomic mass is 9.90. The number of thioether (sulfide) groups is 1. The Hall–Kier alpha value is -0.960. The molecule has 0 unspecified atom stereocenters. The van der Waals surface area contributed by atoms with Crippen LogP contribution in [0, 0.1) is 6.92 Å². The largest absolute Gasteiger partial charge is 0.272 e. The smallest absolute Gasteiger partial charge is 0.0957 e. The second kappa shape index (κ2) is 9.87. The van der Waals surface area contributed by atoms with Crippen LogP contribution in [0.2, 0.25) is 0 Å². The number of aryl methyl sites for hydroxylation is 1. The van der Waals surface area contributed by atoms with Crippen LogP contribution < -0.4 is 0 Å². The van der Waals surface area contributed by atoms with Gasteiger partial charge in [-0.2, -0.15) is 5.10 Å². The summed E-state index contributed by atoms with van der Waals surface area (Å²) >= 11 is 1.73. The Bertz CT molecular complexity index is 468. The summed E-state index contributed by atoms with van der Waals surface area (Å²) in [6.45, 7) is 12.4. The molecule has 1 aliphatic rings. The van der Waals surface area contributed by atoms with E-state index in [-0.39, 0.29) is 0 Å². The van der Waals surface area contributed by atoms with E-state index in [9.17, 15) is 0 Å². The van der Waals surface area contributed by atoms with Gasteiger partial charge in [-0.25, -0.2) is 0 Å². The Morgan fingerprint density at radius 2 is 1.70 bits per heavy atom. The van der Waals surface area contributed by atoms with E-state index in [0.29, 0.717) is 0 Å². The van der Waals surface area contributed by atoms with E-state index in [1.165, 1.54) is 28.1 Å². The summed E-state index contributed by atoms with van der Waals surface area (Å²) in [5.74, 6) is 0. The summed E-state index contributed by atoms with van der Waals surface area (Å²) in [7, 11) is 2.03. The van der Waals surface area contributed by atoms with Crippen LogP contribution in [0.3, 0.4) is 0 Å². The first-order valence-electron chi connectivity index (χ1n) is 7.57. The van der Waals surface area contributed by atoms with Crippen molar-refractivity contribution in [3.63, 3.8) is 0 Å². The Balaban J connectivity index is 0.000000829. The second-order valence-electron chi connectivity index (χ2n) is 4.27. The van der Waals surface area contributed by atoms with Gasteiger partial charge in [0.15, 0.2) is 0 Å². The number of hydrogen-bond acceptors (Lipinski definition) is 2. The van der Waals surface area contributed by atoms with E-state index in [1.807, 2.05) is 39.4 Å². The molecule has 114 valence electrons. The number of rotatable bonds is 2. The molecule has 1 aromatic rings. The predicted octanol–water partition coefficient (Wildman–Crippen LogP) is 5.38. The van der Waals surface area contributed by atoms with E-state index < -0.39 is 0 Å². The van der Waals surface area contributed by atoms with Gasteiger partial charge in [0.25, 0.3) is 0 Å². The SMILES string of the molecule is CC.CC.CS/C=C\C1=C(C)CCc2c1nn(C)c2C. The first kappa shape index (κ1) is 19.0. The normalized spacial score (nSPS) is 13.4. The third-order valence-corrected chi connectivity index (χ3v) is 3.70. The third-order valence-electron chi connectivity index (χ3n) is 3.29. The number of fused-ring (bicyclic) bond motifs is 1. The zero-order valence-corrected chi connectivity index (χ0v) is 15.2. The molecule has 1 aliphatic carbocycles. The molecular formula is C17H30N2S. The second-order valence-corrected chi connectivity index (χ2v) is 5.01. The van der Waals surface area contributed by atoms with Crippen LogP contribution in [-0.2, 0) is 13.5 Å². The highest BCUT2D eigenvalue weighted by Gasteiger charge is 2.20. The van der Waals surface area contributed by atoms with E-state index in [0.717, 1.165) is 12.8 Å². The maximum absolute atomic E-state index is 4.63. The van der Waals surface area contributed by atoms with Crippen LogP contribution in [0.5, 0.6) is 0 Å². The molecule has 0 spiro atoms. The number of hydrogen-bond donors (Lipinski definition) is 0. The topological polar surface area (TPSA) is 17.8 Å². The lowest BCUT2D eigenvalue weighted by molar-refractivity contribution is 0.735. The lowest BCUT2D eigenvalue weighted by Gasteiger charge is -2.14. The minimum atomic E-state index is 1.14. The summed E-state index contributed by atoms with van der Waals surface area (Å²) in [5.41, 5.74) is 6.69. The van der Waals surface area contributed by atoms with E-state index in [1.54, 1.807) is 11.8 Å². The first-order chi connectivity index (χ1) is 9.65. The van der Waals surface area contributed by atoms with E-state index >= 15 is 0 Å². The van der Waals surface area contributed by atoms with Crippen molar-refractivity contribution in [3.05, 3.63) is 34.0 Å². The molecule has 0 aliphatic heterocycles. The van der Waals surface area contributed by atoms with Crippen LogP contribution >= 0.6 is 11.8 Å². The monoisotopic (exact) mass is 294 g/mol. The van der Waals surface area contributed by atoms with Crippen LogP contribution in [-0.4, -0.2) is 16.0 Å². The highest BCUT2D eigenvalue weighted by molar-refractivity contribution is 8.01. The highest BCUT2D eigenvalue weighted by Crippen LogP contribution is 2.33. The number of nitrogens with zero attached hydrogens (tertiary/aromatic N) is 2. The van der Waals surface area contributed by atoms with Gasteiger partial charge in [-0.3, -0.25) is 4.68 Å². The number of aromatic nitrogens is 2. The molecule has 0 saturated carbocycles.